The van der Waals surface area contributed by atoms with Gasteiger partial charge in [0.1, 0.15) is 0 Å². The molecule has 0 heterocycles. The third-order valence-electron chi connectivity index (χ3n) is 8.33. The smallest absolute Gasteiger partial charge is 0.0602 e. The van der Waals surface area contributed by atoms with E-state index in [2.05, 4.69) is 32.6 Å². The molecule has 0 radical (unpaired) electrons. The van der Waals surface area contributed by atoms with E-state index in [4.69, 9.17) is 0 Å². The van der Waals surface area contributed by atoms with Gasteiger partial charge in [0.15, 0.2) is 0 Å². The molecule has 0 aromatic heterocycles. The average Bonchev–Trinajstić information content (AvgIpc) is 2.97. The molecule has 3 aliphatic rings. The molecule has 30 heavy (non-hydrogen) atoms. The molecule has 0 aliphatic heterocycles. The number of aliphatic hydroxyl groups is 3. The van der Waals surface area contributed by atoms with E-state index in [1.165, 1.54) is 36.8 Å². The lowest BCUT2D eigenvalue weighted by Crippen LogP contribution is -2.36. The SMILES string of the molecule is C=C1CC[C@]2(C)[C@@H]([C@H](C)CCCC(C)(C)O)CC[C@H]2/C1=C/C=C1C[C@@H](O)C[C@H](O)C1. The van der Waals surface area contributed by atoms with Gasteiger partial charge >= 0.3 is 0 Å². The second-order valence-electron chi connectivity index (χ2n) is 11.4. The molecule has 3 fully saturated rings. The minimum absolute atomic E-state index is 0.325. The summed E-state index contributed by atoms with van der Waals surface area (Å²) in [5.41, 5.74) is 3.61. The van der Waals surface area contributed by atoms with Crippen LogP contribution in [0, 0.1) is 23.2 Å². The molecular weight excluding hydrogens is 372 g/mol. The van der Waals surface area contributed by atoms with Crippen molar-refractivity contribution in [1.82, 2.24) is 0 Å². The lowest BCUT2D eigenvalue weighted by atomic mass is 9.59. The standard InChI is InChI=1S/C27H44O3/c1-18-12-14-27(5)24(19(2)7-6-13-26(3,4)30)10-11-25(27)23(18)9-8-20-15-21(28)17-22(29)16-20/h8-9,19,21-22,24-25,28-30H,1,6-7,10-17H2,2-5H3/b23-9+/t19-,21-,22-,24-,25+,27-/m1/s1. The molecule has 3 rings (SSSR count). The minimum atomic E-state index is -0.561. The second kappa shape index (κ2) is 9.30. The van der Waals surface area contributed by atoms with Crippen LogP contribution in [0.4, 0.5) is 0 Å². The third kappa shape index (κ3) is 5.47. The molecule has 0 saturated heterocycles. The highest BCUT2D eigenvalue weighted by atomic mass is 16.3. The molecule has 3 aliphatic carbocycles. The van der Waals surface area contributed by atoms with E-state index in [0.717, 1.165) is 30.8 Å². The first-order valence-electron chi connectivity index (χ1n) is 12.2. The number of hydrogen-bond donors (Lipinski definition) is 3. The Morgan fingerprint density at radius 3 is 2.47 bits per heavy atom. The number of fused-ring (bicyclic) bond motifs is 1. The normalized spacial score (nSPS) is 37.4. The van der Waals surface area contributed by atoms with Crippen molar-refractivity contribution < 1.29 is 15.3 Å². The first kappa shape index (κ1) is 23.8. The fraction of sp³-hybridized carbons (Fsp3) is 0.778. The van der Waals surface area contributed by atoms with E-state index in [9.17, 15) is 15.3 Å². The van der Waals surface area contributed by atoms with Crippen molar-refractivity contribution in [2.24, 2.45) is 23.2 Å². The average molecular weight is 417 g/mol. The van der Waals surface area contributed by atoms with Crippen LogP contribution in [0.15, 0.2) is 35.5 Å². The summed E-state index contributed by atoms with van der Waals surface area (Å²) < 4.78 is 0. The summed E-state index contributed by atoms with van der Waals surface area (Å²) in [6, 6.07) is 0. The van der Waals surface area contributed by atoms with E-state index >= 15 is 0 Å². The first-order valence-corrected chi connectivity index (χ1v) is 12.2. The van der Waals surface area contributed by atoms with Gasteiger partial charge in [-0.25, -0.2) is 0 Å². The van der Waals surface area contributed by atoms with Gasteiger partial charge in [-0.05, 0) is 94.0 Å². The van der Waals surface area contributed by atoms with Crippen LogP contribution in [0.1, 0.15) is 91.9 Å². The van der Waals surface area contributed by atoms with Crippen molar-refractivity contribution in [1.29, 1.82) is 0 Å². The number of aliphatic hydroxyl groups excluding tert-OH is 2. The molecule has 3 saturated carbocycles. The van der Waals surface area contributed by atoms with E-state index in [1.54, 1.807) is 0 Å². The van der Waals surface area contributed by atoms with Crippen molar-refractivity contribution in [3.05, 3.63) is 35.5 Å². The molecule has 0 amide bonds. The summed E-state index contributed by atoms with van der Waals surface area (Å²) in [6.45, 7) is 13.1. The van der Waals surface area contributed by atoms with Crippen LogP contribution >= 0.6 is 0 Å². The highest BCUT2D eigenvalue weighted by Gasteiger charge is 2.51. The van der Waals surface area contributed by atoms with Gasteiger partial charge in [0.2, 0.25) is 0 Å². The van der Waals surface area contributed by atoms with Gasteiger partial charge in [-0.2, -0.15) is 0 Å². The Labute approximate surface area is 184 Å². The highest BCUT2D eigenvalue weighted by molar-refractivity contribution is 5.40. The van der Waals surface area contributed by atoms with Crippen molar-refractivity contribution in [2.45, 2.75) is 110 Å². The van der Waals surface area contributed by atoms with Crippen LogP contribution in [0.25, 0.3) is 0 Å². The summed E-state index contributed by atoms with van der Waals surface area (Å²) in [4.78, 5) is 0. The van der Waals surface area contributed by atoms with Gasteiger partial charge in [-0.1, -0.05) is 56.6 Å². The Morgan fingerprint density at radius 2 is 1.83 bits per heavy atom. The molecule has 3 nitrogen and oxygen atoms in total. The van der Waals surface area contributed by atoms with Crippen LogP contribution in [-0.4, -0.2) is 33.1 Å². The first-order chi connectivity index (χ1) is 14.0. The molecule has 6 atom stereocenters. The van der Waals surface area contributed by atoms with Gasteiger partial charge < -0.3 is 15.3 Å². The summed E-state index contributed by atoms with van der Waals surface area (Å²) in [7, 11) is 0. The number of hydrogen-bond acceptors (Lipinski definition) is 3. The van der Waals surface area contributed by atoms with Crippen LogP contribution in [0.2, 0.25) is 0 Å². The molecule has 0 bridgehead atoms. The van der Waals surface area contributed by atoms with Gasteiger partial charge in [0.05, 0.1) is 17.8 Å². The number of rotatable bonds is 6. The zero-order valence-electron chi connectivity index (χ0n) is 19.7. The lowest BCUT2D eigenvalue weighted by Gasteiger charge is -2.45. The Kier molecular flexibility index (Phi) is 7.37. The molecule has 0 unspecified atom stereocenters. The van der Waals surface area contributed by atoms with Gasteiger partial charge in [0, 0.05) is 0 Å². The third-order valence-corrected chi connectivity index (χ3v) is 8.33. The maximum atomic E-state index is 10.0. The topological polar surface area (TPSA) is 60.7 Å². The summed E-state index contributed by atoms with van der Waals surface area (Å²) >= 11 is 0. The second-order valence-corrected chi connectivity index (χ2v) is 11.4. The summed E-state index contributed by atoms with van der Waals surface area (Å²) in [5, 5.41) is 30.0. The monoisotopic (exact) mass is 416 g/mol. The Balaban J connectivity index is 1.72. The highest BCUT2D eigenvalue weighted by Crippen LogP contribution is 2.60. The zero-order valence-corrected chi connectivity index (χ0v) is 19.7. The quantitative estimate of drug-likeness (QED) is 0.520. The Bertz CT molecular complexity index is 671. The molecule has 3 N–H and O–H groups in total. The van der Waals surface area contributed by atoms with Crippen molar-refractivity contribution in [2.75, 3.05) is 0 Å². The van der Waals surface area contributed by atoms with Crippen molar-refractivity contribution in [3.8, 4) is 0 Å². The van der Waals surface area contributed by atoms with Crippen LogP contribution < -0.4 is 0 Å². The molecule has 0 aromatic carbocycles. The maximum Gasteiger partial charge on any atom is 0.0602 e. The van der Waals surface area contributed by atoms with E-state index in [-0.39, 0.29) is 0 Å². The Morgan fingerprint density at radius 1 is 1.17 bits per heavy atom. The largest absolute Gasteiger partial charge is 0.393 e. The maximum absolute atomic E-state index is 10.0. The van der Waals surface area contributed by atoms with E-state index in [0.29, 0.717) is 36.5 Å². The lowest BCUT2D eigenvalue weighted by molar-refractivity contribution is 0.0600. The van der Waals surface area contributed by atoms with Crippen LogP contribution in [0.5, 0.6) is 0 Å². The van der Waals surface area contributed by atoms with Crippen molar-refractivity contribution in [3.63, 3.8) is 0 Å². The summed E-state index contributed by atoms with van der Waals surface area (Å²) in [6.07, 6.45) is 13.4. The van der Waals surface area contributed by atoms with Crippen LogP contribution in [0.3, 0.4) is 0 Å². The Hall–Kier alpha value is -0.900. The molecule has 0 aromatic rings. The van der Waals surface area contributed by atoms with Crippen molar-refractivity contribution >= 4 is 0 Å². The van der Waals surface area contributed by atoms with Crippen LogP contribution in [-0.2, 0) is 0 Å². The van der Waals surface area contributed by atoms with E-state index in [1.807, 2.05) is 13.8 Å². The molecule has 0 spiro atoms. The zero-order chi connectivity index (χ0) is 22.1. The van der Waals surface area contributed by atoms with Gasteiger partial charge in [0.25, 0.3) is 0 Å². The minimum Gasteiger partial charge on any atom is -0.393 e. The number of allylic oxidation sites excluding steroid dienone is 4. The molecule has 170 valence electrons. The predicted octanol–water partition coefficient (Wildman–Crippen LogP) is 5.70. The summed E-state index contributed by atoms with van der Waals surface area (Å²) in [5.74, 6) is 1.97. The molecule has 3 heteroatoms. The molecular formula is C27H44O3. The van der Waals surface area contributed by atoms with E-state index < -0.39 is 17.8 Å². The van der Waals surface area contributed by atoms with Gasteiger partial charge in [-0.15, -0.1) is 0 Å². The van der Waals surface area contributed by atoms with Gasteiger partial charge in [-0.3, -0.25) is 0 Å². The fourth-order valence-corrected chi connectivity index (χ4v) is 6.68. The fourth-order valence-electron chi connectivity index (χ4n) is 6.68. The predicted molar refractivity (Wildman–Crippen MR) is 124 cm³/mol.